The molecule has 0 saturated carbocycles. The van der Waals surface area contributed by atoms with Crippen LogP contribution in [0.25, 0.3) is 11.1 Å². The number of aliphatic carboxylic acids is 2. The number of amides is 1. The molecule has 2 aromatic carbocycles. The van der Waals surface area contributed by atoms with E-state index in [-0.39, 0.29) is 5.91 Å². The van der Waals surface area contributed by atoms with Gasteiger partial charge in [0.1, 0.15) is 5.75 Å². The van der Waals surface area contributed by atoms with Gasteiger partial charge in [-0.25, -0.2) is 9.59 Å². The van der Waals surface area contributed by atoms with E-state index in [0.29, 0.717) is 19.5 Å². The monoisotopic (exact) mass is 649 g/mol. The number of methoxy groups -OCH3 is 1. The van der Waals surface area contributed by atoms with E-state index in [1.165, 1.54) is 0 Å². The fraction of sp³-hybridized carbons (Fsp3) is 0.357. The smallest absolute Gasteiger partial charge is 0.490 e. The van der Waals surface area contributed by atoms with Gasteiger partial charge in [0.05, 0.1) is 19.3 Å². The van der Waals surface area contributed by atoms with Gasteiger partial charge >= 0.3 is 24.3 Å². The molecule has 0 aliphatic heterocycles. The van der Waals surface area contributed by atoms with Crippen molar-refractivity contribution in [2.24, 2.45) is 5.73 Å². The lowest BCUT2D eigenvalue weighted by atomic mass is 10.0. The van der Waals surface area contributed by atoms with E-state index < -0.39 is 30.3 Å². The molecular formula is C28H33F6N5O6. The highest BCUT2D eigenvalue weighted by atomic mass is 19.4. The van der Waals surface area contributed by atoms with Gasteiger partial charge in [0.25, 0.3) is 0 Å². The third-order valence-corrected chi connectivity index (χ3v) is 5.68. The summed E-state index contributed by atoms with van der Waals surface area (Å²) >= 11 is 0. The van der Waals surface area contributed by atoms with E-state index in [1.54, 1.807) is 13.3 Å². The van der Waals surface area contributed by atoms with Crippen molar-refractivity contribution in [2.45, 2.75) is 31.4 Å². The number of carboxylic acids is 2. The highest BCUT2D eigenvalue weighted by molar-refractivity contribution is 5.82. The highest BCUT2D eigenvalue weighted by Gasteiger charge is 2.38. The summed E-state index contributed by atoms with van der Waals surface area (Å²) in [6, 6.07) is 15.3. The molecule has 0 unspecified atom stereocenters. The Bertz CT molecular complexity index is 1330. The fourth-order valence-electron chi connectivity index (χ4n) is 3.40. The average Bonchev–Trinajstić information content (AvgIpc) is 3.50. The second-order valence-electron chi connectivity index (χ2n) is 9.51. The number of H-pyrrole nitrogens is 1. The number of hydrogen-bond donors (Lipinski definition) is 4. The van der Waals surface area contributed by atoms with E-state index in [2.05, 4.69) is 15.1 Å². The van der Waals surface area contributed by atoms with Gasteiger partial charge in [0, 0.05) is 31.4 Å². The molecule has 1 amide bonds. The molecule has 3 rings (SSSR count). The summed E-state index contributed by atoms with van der Waals surface area (Å²) in [6.45, 7) is 1.87. The van der Waals surface area contributed by atoms with Gasteiger partial charge in [-0.2, -0.15) is 31.4 Å². The molecule has 0 radical (unpaired) electrons. The number of benzene rings is 2. The number of aromatic amines is 1. The molecule has 1 atom stereocenters. The second-order valence-corrected chi connectivity index (χ2v) is 9.51. The Morgan fingerprint density at radius 2 is 1.47 bits per heavy atom. The third-order valence-electron chi connectivity index (χ3n) is 5.68. The van der Waals surface area contributed by atoms with Crippen LogP contribution in [0.2, 0.25) is 0 Å². The third kappa shape index (κ3) is 14.6. The lowest BCUT2D eigenvalue weighted by Gasteiger charge is -2.27. The van der Waals surface area contributed by atoms with E-state index in [1.807, 2.05) is 73.7 Å². The molecule has 0 saturated heterocycles. The zero-order valence-corrected chi connectivity index (χ0v) is 24.4. The number of nitrogens with zero attached hydrogens (tertiary/aromatic N) is 3. The Kier molecular flexibility index (Phi) is 15.0. The molecule has 0 aliphatic carbocycles. The molecule has 1 aromatic heterocycles. The lowest BCUT2D eigenvalue weighted by Crippen LogP contribution is -2.46. The van der Waals surface area contributed by atoms with E-state index in [9.17, 15) is 31.1 Å². The first kappa shape index (κ1) is 38.4. The highest BCUT2D eigenvalue weighted by Crippen LogP contribution is 2.19. The molecule has 0 bridgehead atoms. The quantitative estimate of drug-likeness (QED) is 0.239. The number of alkyl halides is 6. The molecule has 17 heteroatoms. The maximum atomic E-state index is 13.2. The van der Waals surface area contributed by atoms with Crippen molar-refractivity contribution >= 4 is 17.8 Å². The average molecular weight is 650 g/mol. The number of halogens is 6. The van der Waals surface area contributed by atoms with Crippen molar-refractivity contribution in [1.82, 2.24) is 20.0 Å². The minimum atomic E-state index is -5.08. The van der Waals surface area contributed by atoms with Crippen LogP contribution >= 0.6 is 0 Å². The molecular weight excluding hydrogens is 616 g/mol. The fourth-order valence-corrected chi connectivity index (χ4v) is 3.40. The maximum absolute atomic E-state index is 13.2. The predicted molar refractivity (Wildman–Crippen MR) is 150 cm³/mol. The predicted octanol–water partition coefficient (Wildman–Crippen LogP) is 3.81. The zero-order valence-electron chi connectivity index (χ0n) is 24.4. The normalized spacial score (nSPS) is 11.8. The van der Waals surface area contributed by atoms with Crippen molar-refractivity contribution in [3.8, 4) is 16.9 Å². The summed E-state index contributed by atoms with van der Waals surface area (Å²) in [4.78, 5) is 34.9. The standard InChI is InChI=1S/C24H31N5O2.2C2HF3O2/c1-28(2)11-12-29(17-19-5-4-6-22(13-19)31-3)24(30)23(25)14-18-7-9-20(10-8-18)21-15-26-27-16-21;2*3-2(4,5)1(6)7/h4-10,13,15-16,23H,11-12,14,17,25H2,1-3H3,(H,26,27);2*(H,6,7)/t23-;;/m1../s1. The van der Waals surface area contributed by atoms with Gasteiger partial charge in [-0.3, -0.25) is 9.89 Å². The molecule has 3 aromatic rings. The number of carbonyl (C=O) groups excluding carboxylic acids is 1. The Balaban J connectivity index is 0.000000601. The van der Waals surface area contributed by atoms with E-state index >= 15 is 0 Å². The number of nitrogens with one attached hydrogen (secondary N) is 1. The number of aromatic nitrogens is 2. The molecule has 248 valence electrons. The Morgan fingerprint density at radius 1 is 0.911 bits per heavy atom. The molecule has 0 fully saturated rings. The number of nitrogens with two attached hydrogens (primary N) is 1. The van der Waals surface area contributed by atoms with Crippen LogP contribution in [0.3, 0.4) is 0 Å². The molecule has 11 nitrogen and oxygen atoms in total. The summed E-state index contributed by atoms with van der Waals surface area (Å²) in [6.07, 6.45) is -6.04. The number of likely N-dealkylation sites (N-methyl/N-ethyl adjacent to an activating group) is 1. The molecule has 1 heterocycles. The summed E-state index contributed by atoms with van der Waals surface area (Å²) in [5.41, 5.74) is 10.5. The van der Waals surface area contributed by atoms with Crippen molar-refractivity contribution in [2.75, 3.05) is 34.3 Å². The summed E-state index contributed by atoms with van der Waals surface area (Å²) in [7, 11) is 5.63. The van der Waals surface area contributed by atoms with Crippen LogP contribution in [0.1, 0.15) is 11.1 Å². The maximum Gasteiger partial charge on any atom is 0.490 e. The van der Waals surface area contributed by atoms with Crippen molar-refractivity contribution < 1.29 is 55.7 Å². The van der Waals surface area contributed by atoms with Crippen LogP contribution < -0.4 is 10.5 Å². The summed E-state index contributed by atoms with van der Waals surface area (Å²) in [5, 5.41) is 21.0. The number of carboxylic acid groups (broad SMARTS) is 2. The summed E-state index contributed by atoms with van der Waals surface area (Å²) in [5.74, 6) is -4.79. The van der Waals surface area contributed by atoms with Crippen LogP contribution in [0.5, 0.6) is 5.75 Å². The first-order valence-electron chi connectivity index (χ1n) is 12.9. The minimum absolute atomic E-state index is 0.0522. The van der Waals surface area contributed by atoms with Crippen LogP contribution in [0.15, 0.2) is 60.9 Å². The topological polar surface area (TPSA) is 162 Å². The molecule has 0 spiro atoms. The minimum Gasteiger partial charge on any atom is -0.497 e. The first-order chi connectivity index (χ1) is 20.8. The van der Waals surface area contributed by atoms with Crippen molar-refractivity contribution in [3.63, 3.8) is 0 Å². The van der Waals surface area contributed by atoms with Gasteiger partial charge < -0.3 is 30.5 Å². The van der Waals surface area contributed by atoms with Crippen molar-refractivity contribution in [1.29, 1.82) is 0 Å². The number of ether oxygens (including phenoxy) is 1. The number of hydrogen-bond acceptors (Lipinski definition) is 7. The van der Waals surface area contributed by atoms with Crippen LogP contribution in [0, 0.1) is 0 Å². The molecule has 0 aliphatic rings. The Hall–Kier alpha value is -4.64. The largest absolute Gasteiger partial charge is 0.497 e. The van der Waals surface area contributed by atoms with E-state index in [4.69, 9.17) is 30.3 Å². The van der Waals surface area contributed by atoms with Gasteiger partial charge in [0.2, 0.25) is 5.91 Å². The van der Waals surface area contributed by atoms with E-state index in [0.717, 1.165) is 34.5 Å². The first-order valence-corrected chi connectivity index (χ1v) is 12.9. The zero-order chi connectivity index (χ0) is 34.4. The second kappa shape index (κ2) is 17.6. The summed E-state index contributed by atoms with van der Waals surface area (Å²) < 4.78 is 68.8. The lowest BCUT2D eigenvalue weighted by molar-refractivity contribution is -0.193. The van der Waals surface area contributed by atoms with Crippen molar-refractivity contribution in [3.05, 3.63) is 72.1 Å². The van der Waals surface area contributed by atoms with Gasteiger partial charge in [-0.05, 0) is 49.3 Å². The van der Waals surface area contributed by atoms with Crippen LogP contribution in [-0.2, 0) is 27.3 Å². The van der Waals surface area contributed by atoms with Crippen LogP contribution in [-0.4, -0.2) is 101 Å². The van der Waals surface area contributed by atoms with Gasteiger partial charge in [0.15, 0.2) is 0 Å². The van der Waals surface area contributed by atoms with Crippen LogP contribution in [0.4, 0.5) is 26.3 Å². The SMILES string of the molecule is COc1cccc(CN(CCN(C)C)C(=O)[C@H](N)Cc2ccc(-c3cn[nH]c3)cc2)c1.O=C(O)C(F)(F)F.O=C(O)C(F)(F)F. The number of rotatable bonds is 10. The Morgan fingerprint density at radius 3 is 1.91 bits per heavy atom. The molecule has 45 heavy (non-hydrogen) atoms. The Labute approximate surface area is 254 Å². The van der Waals surface area contributed by atoms with Gasteiger partial charge in [-0.1, -0.05) is 36.4 Å². The number of carbonyl (C=O) groups is 3. The van der Waals surface area contributed by atoms with Gasteiger partial charge in [-0.15, -0.1) is 0 Å². The molecule has 5 N–H and O–H groups in total.